The minimum absolute atomic E-state index is 0.0223. The lowest BCUT2D eigenvalue weighted by atomic mass is 9.49. The van der Waals surface area contributed by atoms with Crippen molar-refractivity contribution in [3.05, 3.63) is 29.6 Å². The minimum Gasteiger partial charge on any atom is -0.351 e. The van der Waals surface area contributed by atoms with E-state index in [2.05, 4.69) is 10.3 Å². The van der Waals surface area contributed by atoms with Crippen molar-refractivity contribution in [1.29, 1.82) is 0 Å². The number of aromatic nitrogens is 1. The Morgan fingerprint density at radius 2 is 1.78 bits per heavy atom. The largest absolute Gasteiger partial charge is 0.351 e. The number of pyridine rings is 1. The molecule has 2 heterocycles. The summed E-state index contributed by atoms with van der Waals surface area (Å²) >= 11 is 0. The highest BCUT2D eigenvalue weighted by Crippen LogP contribution is 2.60. The molecule has 27 heavy (non-hydrogen) atoms. The first-order valence-corrected chi connectivity index (χ1v) is 10.5. The Bertz CT molecular complexity index is 722. The van der Waals surface area contributed by atoms with Crippen LogP contribution in [0.15, 0.2) is 18.3 Å². The van der Waals surface area contributed by atoms with Gasteiger partial charge >= 0.3 is 0 Å². The number of carbonyl (C=O) groups is 2. The Hall–Kier alpha value is -1.91. The number of carbonyl (C=O) groups excluding carboxylic acids is 2. The highest BCUT2D eigenvalue weighted by atomic mass is 16.2. The SMILES string of the molecule is Cc1ccc(C(=O)N2CC[C@@H](NC(=O)C34CC5CC(CC(C5)C3)C4)C2)cn1. The summed E-state index contributed by atoms with van der Waals surface area (Å²) in [4.78, 5) is 32.0. The molecule has 0 unspecified atom stereocenters. The van der Waals surface area contributed by atoms with Crippen LogP contribution in [0.5, 0.6) is 0 Å². The van der Waals surface area contributed by atoms with E-state index in [4.69, 9.17) is 0 Å². The molecule has 1 N–H and O–H groups in total. The van der Waals surface area contributed by atoms with Gasteiger partial charge in [0.1, 0.15) is 0 Å². The second-order valence-electron chi connectivity index (χ2n) is 9.60. The van der Waals surface area contributed by atoms with Crippen molar-refractivity contribution >= 4 is 11.8 Å². The summed E-state index contributed by atoms with van der Waals surface area (Å²) < 4.78 is 0. The highest BCUT2D eigenvalue weighted by molar-refractivity contribution is 5.94. The van der Waals surface area contributed by atoms with Crippen molar-refractivity contribution in [3.8, 4) is 0 Å². The first-order valence-electron chi connectivity index (χ1n) is 10.5. The Morgan fingerprint density at radius 3 is 2.37 bits per heavy atom. The number of hydrogen-bond donors (Lipinski definition) is 1. The molecule has 0 aromatic carbocycles. The van der Waals surface area contributed by atoms with E-state index in [0.717, 1.165) is 49.1 Å². The number of rotatable bonds is 3. The van der Waals surface area contributed by atoms with Crippen LogP contribution in [0, 0.1) is 30.1 Å². The molecule has 5 nitrogen and oxygen atoms in total. The van der Waals surface area contributed by atoms with E-state index in [1.807, 2.05) is 24.0 Å². The van der Waals surface area contributed by atoms with Gasteiger partial charge in [-0.3, -0.25) is 14.6 Å². The van der Waals surface area contributed by atoms with Gasteiger partial charge in [0.2, 0.25) is 5.91 Å². The third-order valence-electron chi connectivity index (χ3n) is 7.49. The molecule has 5 heteroatoms. The van der Waals surface area contributed by atoms with Gasteiger partial charge in [0.25, 0.3) is 5.91 Å². The quantitative estimate of drug-likeness (QED) is 0.893. The maximum Gasteiger partial charge on any atom is 0.255 e. The molecule has 0 spiro atoms. The molecule has 5 fully saturated rings. The smallest absolute Gasteiger partial charge is 0.255 e. The molecule has 1 aliphatic heterocycles. The first kappa shape index (κ1) is 17.2. The minimum atomic E-state index is -0.104. The number of hydrogen-bond acceptors (Lipinski definition) is 3. The third kappa shape index (κ3) is 3.05. The fourth-order valence-electron chi connectivity index (χ4n) is 6.57. The standard InChI is InChI=1S/C22H29N3O2/c1-14-2-3-18(12-23-14)20(26)25-5-4-19(13-25)24-21(27)22-9-15-6-16(10-22)8-17(7-15)11-22/h2-3,12,15-17,19H,4-11,13H2,1H3,(H,24,27)/t15?,16?,17?,19-,22?/m1/s1. The van der Waals surface area contributed by atoms with Gasteiger partial charge in [-0.2, -0.15) is 0 Å². The van der Waals surface area contributed by atoms with Crippen LogP contribution in [0.4, 0.5) is 0 Å². The number of nitrogens with zero attached hydrogens (tertiary/aromatic N) is 2. The lowest BCUT2D eigenvalue weighted by Gasteiger charge is -2.55. The van der Waals surface area contributed by atoms with Gasteiger partial charge in [0.05, 0.1) is 5.56 Å². The van der Waals surface area contributed by atoms with Crippen LogP contribution in [-0.4, -0.2) is 40.8 Å². The van der Waals surface area contributed by atoms with E-state index in [-0.39, 0.29) is 23.3 Å². The zero-order valence-electron chi connectivity index (χ0n) is 16.1. The van der Waals surface area contributed by atoms with Gasteiger partial charge in [-0.05, 0) is 81.8 Å². The summed E-state index contributed by atoms with van der Waals surface area (Å²) in [5, 5.41) is 3.33. The third-order valence-corrected chi connectivity index (χ3v) is 7.49. The van der Waals surface area contributed by atoms with E-state index in [0.29, 0.717) is 18.7 Å². The molecule has 1 aromatic heterocycles. The van der Waals surface area contributed by atoms with E-state index >= 15 is 0 Å². The van der Waals surface area contributed by atoms with Gasteiger partial charge in [-0.25, -0.2) is 0 Å². The van der Waals surface area contributed by atoms with Crippen LogP contribution < -0.4 is 5.32 Å². The second-order valence-corrected chi connectivity index (χ2v) is 9.60. The number of likely N-dealkylation sites (tertiary alicyclic amines) is 1. The summed E-state index contributed by atoms with van der Waals surface area (Å²) in [6.07, 6.45) is 9.83. The molecule has 4 aliphatic carbocycles. The number of aryl methyl sites for hydroxylation is 1. The maximum atomic E-state index is 13.2. The van der Waals surface area contributed by atoms with Gasteiger partial charge in [0, 0.05) is 36.4 Å². The summed E-state index contributed by atoms with van der Waals surface area (Å²) in [5.41, 5.74) is 1.44. The summed E-state index contributed by atoms with van der Waals surface area (Å²) in [5.74, 6) is 2.63. The molecule has 5 aliphatic rings. The predicted molar refractivity (Wildman–Crippen MR) is 102 cm³/mol. The molecular formula is C22H29N3O2. The second kappa shape index (κ2) is 6.32. The summed E-state index contributed by atoms with van der Waals surface area (Å²) in [6, 6.07) is 3.80. The highest BCUT2D eigenvalue weighted by Gasteiger charge is 2.54. The fraction of sp³-hybridized carbons (Fsp3) is 0.682. The summed E-state index contributed by atoms with van der Waals surface area (Å²) in [7, 11) is 0. The van der Waals surface area contributed by atoms with Crippen LogP contribution in [0.2, 0.25) is 0 Å². The fourth-order valence-corrected chi connectivity index (χ4v) is 6.57. The average molecular weight is 367 g/mol. The Balaban J connectivity index is 1.22. The normalized spacial score (nSPS) is 36.9. The van der Waals surface area contributed by atoms with Crippen LogP contribution in [0.25, 0.3) is 0 Å². The monoisotopic (exact) mass is 367 g/mol. The van der Waals surface area contributed by atoms with Crippen molar-refractivity contribution in [1.82, 2.24) is 15.2 Å². The zero-order chi connectivity index (χ0) is 18.6. The Kier molecular flexibility index (Phi) is 4.03. The molecule has 6 rings (SSSR count). The van der Waals surface area contributed by atoms with Crippen LogP contribution in [-0.2, 0) is 4.79 Å². The molecule has 1 saturated heterocycles. The summed E-state index contributed by atoms with van der Waals surface area (Å²) in [6.45, 7) is 3.24. The van der Waals surface area contributed by atoms with E-state index < -0.39 is 0 Å². The zero-order valence-corrected chi connectivity index (χ0v) is 16.1. The van der Waals surface area contributed by atoms with E-state index in [9.17, 15) is 9.59 Å². The topological polar surface area (TPSA) is 62.3 Å². The predicted octanol–water partition coefficient (Wildman–Crippen LogP) is 2.94. The average Bonchev–Trinajstić information content (AvgIpc) is 3.09. The van der Waals surface area contributed by atoms with Crippen molar-refractivity contribution < 1.29 is 9.59 Å². The molecule has 144 valence electrons. The molecule has 1 atom stereocenters. The molecule has 4 saturated carbocycles. The molecule has 1 aromatic rings. The van der Waals surface area contributed by atoms with Crippen LogP contribution in [0.3, 0.4) is 0 Å². The van der Waals surface area contributed by atoms with Crippen molar-refractivity contribution in [2.45, 2.75) is 57.9 Å². The number of nitrogens with one attached hydrogen (secondary N) is 1. The van der Waals surface area contributed by atoms with Gasteiger partial charge in [-0.1, -0.05) is 0 Å². The maximum absolute atomic E-state index is 13.2. The van der Waals surface area contributed by atoms with E-state index in [1.54, 1.807) is 6.20 Å². The lowest BCUT2D eigenvalue weighted by molar-refractivity contribution is -0.146. The molecule has 0 radical (unpaired) electrons. The number of amides is 2. The van der Waals surface area contributed by atoms with Gasteiger partial charge < -0.3 is 10.2 Å². The van der Waals surface area contributed by atoms with E-state index in [1.165, 1.54) is 19.3 Å². The lowest BCUT2D eigenvalue weighted by Crippen LogP contribution is -2.55. The molecule has 4 bridgehead atoms. The molecular weight excluding hydrogens is 338 g/mol. The van der Waals surface area contributed by atoms with Crippen molar-refractivity contribution in [2.75, 3.05) is 13.1 Å². The first-order chi connectivity index (χ1) is 13.0. The molecule has 2 amide bonds. The van der Waals surface area contributed by atoms with Crippen LogP contribution in [0.1, 0.15) is 61.0 Å². The Morgan fingerprint density at radius 1 is 1.11 bits per heavy atom. The van der Waals surface area contributed by atoms with Crippen molar-refractivity contribution in [2.24, 2.45) is 23.2 Å². The Labute approximate surface area is 160 Å². The van der Waals surface area contributed by atoms with Gasteiger partial charge in [-0.15, -0.1) is 0 Å². The van der Waals surface area contributed by atoms with Gasteiger partial charge in [0.15, 0.2) is 0 Å². The van der Waals surface area contributed by atoms with Crippen molar-refractivity contribution in [3.63, 3.8) is 0 Å². The van der Waals surface area contributed by atoms with Crippen LogP contribution >= 0.6 is 0 Å².